The molecular weight excluding hydrogens is 146 g/mol. The van der Waals surface area contributed by atoms with Crippen LogP contribution >= 0.6 is 10.2 Å². The van der Waals surface area contributed by atoms with Gasteiger partial charge < -0.3 is 4.74 Å². The normalized spacial score (nSPS) is 28.9. The van der Waals surface area contributed by atoms with Crippen LogP contribution in [-0.4, -0.2) is 38.0 Å². The first-order valence-corrected chi connectivity index (χ1v) is 6.47. The topological polar surface area (TPSA) is 21.3 Å². The predicted octanol–water partition coefficient (Wildman–Crippen LogP) is 0.974. The van der Waals surface area contributed by atoms with E-state index in [2.05, 4.69) is 23.5 Å². The minimum Gasteiger partial charge on any atom is -0.380 e. The lowest BCUT2D eigenvalue weighted by Gasteiger charge is -2.30. The van der Waals surface area contributed by atoms with Crippen LogP contribution in [0.5, 0.6) is 0 Å². The van der Waals surface area contributed by atoms with Crippen LogP contribution in [0.2, 0.25) is 0 Å². The Morgan fingerprint density at radius 3 is 2.50 bits per heavy atom. The highest BCUT2D eigenvalue weighted by Crippen LogP contribution is 2.30. The maximum absolute atomic E-state index is 5.25. The molecule has 10 heavy (non-hydrogen) atoms. The summed E-state index contributed by atoms with van der Waals surface area (Å²) in [6, 6.07) is 0.620. The molecule has 3 heteroatoms. The molecule has 1 fully saturated rings. The third-order valence-electron chi connectivity index (χ3n) is 1.45. The lowest BCUT2D eigenvalue weighted by molar-refractivity contribution is 0.193. The molecule has 0 spiro atoms. The van der Waals surface area contributed by atoms with Gasteiger partial charge in [0.2, 0.25) is 0 Å². The van der Waals surface area contributed by atoms with E-state index < -0.39 is 10.2 Å². The molecule has 1 heterocycles. The van der Waals surface area contributed by atoms with Crippen LogP contribution in [-0.2, 0) is 4.74 Å². The van der Waals surface area contributed by atoms with Crippen LogP contribution in [0.15, 0.2) is 0 Å². The van der Waals surface area contributed by atoms with Crippen molar-refractivity contribution in [1.82, 2.24) is 4.72 Å². The second-order valence-corrected chi connectivity index (χ2v) is 7.43. The molecule has 0 radical (unpaired) electrons. The van der Waals surface area contributed by atoms with Crippen molar-refractivity contribution in [3.63, 3.8) is 0 Å². The van der Waals surface area contributed by atoms with Crippen molar-refractivity contribution in [1.29, 1.82) is 0 Å². The fraction of sp³-hybridized carbons (Fsp3) is 1.00. The SMILES string of the molecule is CS(C)(C)NC1CCOC1. The average Bonchev–Trinajstić information content (AvgIpc) is 2.12. The summed E-state index contributed by atoms with van der Waals surface area (Å²) in [6.07, 6.45) is 7.99. The molecule has 62 valence electrons. The Hall–Kier alpha value is 0.270. The number of rotatable bonds is 2. The van der Waals surface area contributed by atoms with E-state index >= 15 is 0 Å². The second-order valence-electron chi connectivity index (χ2n) is 3.52. The van der Waals surface area contributed by atoms with Gasteiger partial charge in [-0.05, 0) is 25.2 Å². The van der Waals surface area contributed by atoms with Crippen molar-refractivity contribution >= 4 is 10.2 Å². The quantitative estimate of drug-likeness (QED) is 0.655. The summed E-state index contributed by atoms with van der Waals surface area (Å²) in [5.41, 5.74) is 0. The van der Waals surface area contributed by atoms with Crippen LogP contribution in [0.25, 0.3) is 0 Å². The van der Waals surface area contributed by atoms with Crippen LogP contribution in [0.3, 0.4) is 0 Å². The van der Waals surface area contributed by atoms with Gasteiger partial charge >= 0.3 is 0 Å². The van der Waals surface area contributed by atoms with Crippen molar-refractivity contribution in [2.75, 3.05) is 32.0 Å². The Morgan fingerprint density at radius 2 is 2.10 bits per heavy atom. The number of ether oxygens (including phenoxy) is 1. The van der Waals surface area contributed by atoms with Gasteiger partial charge in [-0.25, -0.2) is 0 Å². The monoisotopic (exact) mass is 163 g/mol. The lowest BCUT2D eigenvalue weighted by Crippen LogP contribution is -2.30. The Kier molecular flexibility index (Phi) is 2.61. The molecule has 1 unspecified atom stereocenters. The van der Waals surface area contributed by atoms with Gasteiger partial charge in [0.25, 0.3) is 0 Å². The fourth-order valence-electron chi connectivity index (χ4n) is 1.13. The Labute approximate surface area is 64.8 Å². The molecule has 1 aliphatic rings. The minimum absolute atomic E-state index is 0.538. The van der Waals surface area contributed by atoms with Gasteiger partial charge in [-0.2, -0.15) is 10.2 Å². The highest BCUT2D eigenvalue weighted by atomic mass is 32.3. The summed E-state index contributed by atoms with van der Waals surface area (Å²) in [6.45, 7) is 1.84. The number of hydrogen-bond donors (Lipinski definition) is 1. The van der Waals surface area contributed by atoms with E-state index in [-0.39, 0.29) is 0 Å². The third-order valence-corrected chi connectivity index (χ3v) is 2.49. The maximum Gasteiger partial charge on any atom is 0.0628 e. The first kappa shape index (κ1) is 8.37. The van der Waals surface area contributed by atoms with Gasteiger partial charge in [0, 0.05) is 12.6 Å². The summed E-state index contributed by atoms with van der Waals surface area (Å²) in [7, 11) is -0.538. The molecule has 0 aromatic rings. The molecule has 1 N–H and O–H groups in total. The van der Waals surface area contributed by atoms with Crippen LogP contribution in [0.4, 0.5) is 0 Å². The molecule has 1 aliphatic heterocycles. The van der Waals surface area contributed by atoms with E-state index in [9.17, 15) is 0 Å². The minimum atomic E-state index is -0.538. The molecule has 1 rings (SSSR count). The molecule has 0 aliphatic carbocycles. The van der Waals surface area contributed by atoms with Crippen molar-refractivity contribution in [3.8, 4) is 0 Å². The van der Waals surface area contributed by atoms with E-state index in [1.165, 1.54) is 6.42 Å². The van der Waals surface area contributed by atoms with E-state index in [0.29, 0.717) is 6.04 Å². The molecule has 0 bridgehead atoms. The van der Waals surface area contributed by atoms with Gasteiger partial charge in [-0.1, -0.05) is 0 Å². The fourth-order valence-corrected chi connectivity index (χ4v) is 2.31. The maximum atomic E-state index is 5.25. The zero-order valence-corrected chi connectivity index (χ0v) is 7.83. The molecule has 2 nitrogen and oxygen atoms in total. The molecule has 0 aromatic heterocycles. The Morgan fingerprint density at radius 1 is 1.40 bits per heavy atom. The molecule has 0 aromatic carbocycles. The highest BCUT2D eigenvalue weighted by molar-refractivity contribution is 8.30. The Bertz CT molecular complexity index is 105. The average molecular weight is 163 g/mol. The standard InChI is InChI=1S/C7H17NOS/c1-10(2,3)8-7-4-5-9-6-7/h7-8H,4-6H2,1-3H3. The first-order valence-electron chi connectivity index (χ1n) is 3.61. The van der Waals surface area contributed by atoms with E-state index in [1.54, 1.807) is 0 Å². The van der Waals surface area contributed by atoms with E-state index in [0.717, 1.165) is 13.2 Å². The zero-order chi connectivity index (χ0) is 7.61. The van der Waals surface area contributed by atoms with Gasteiger partial charge in [0.15, 0.2) is 0 Å². The summed E-state index contributed by atoms with van der Waals surface area (Å²) in [5.74, 6) is 0. The first-order chi connectivity index (χ1) is 4.58. The van der Waals surface area contributed by atoms with Gasteiger partial charge in [-0.3, -0.25) is 4.72 Å². The van der Waals surface area contributed by atoms with E-state index in [1.807, 2.05) is 0 Å². The lowest BCUT2D eigenvalue weighted by atomic mass is 10.3. The van der Waals surface area contributed by atoms with Gasteiger partial charge in [0.05, 0.1) is 6.61 Å². The molecule has 0 amide bonds. The van der Waals surface area contributed by atoms with Crippen molar-refractivity contribution in [2.24, 2.45) is 0 Å². The van der Waals surface area contributed by atoms with Crippen molar-refractivity contribution in [3.05, 3.63) is 0 Å². The predicted molar refractivity (Wildman–Crippen MR) is 47.7 cm³/mol. The number of nitrogens with one attached hydrogen (secondary N) is 1. The smallest absolute Gasteiger partial charge is 0.0628 e. The molecule has 1 atom stereocenters. The number of hydrogen-bond acceptors (Lipinski definition) is 2. The van der Waals surface area contributed by atoms with E-state index in [4.69, 9.17) is 4.74 Å². The summed E-state index contributed by atoms with van der Waals surface area (Å²) >= 11 is 0. The molecule has 0 saturated carbocycles. The molecular formula is C7H17NOS. The van der Waals surface area contributed by atoms with Crippen LogP contribution in [0.1, 0.15) is 6.42 Å². The zero-order valence-electron chi connectivity index (χ0n) is 7.02. The third kappa shape index (κ3) is 2.90. The summed E-state index contributed by atoms with van der Waals surface area (Å²) < 4.78 is 8.83. The highest BCUT2D eigenvalue weighted by Gasteiger charge is 2.18. The summed E-state index contributed by atoms with van der Waals surface area (Å²) in [4.78, 5) is 0. The van der Waals surface area contributed by atoms with Crippen molar-refractivity contribution in [2.45, 2.75) is 12.5 Å². The molecule has 1 saturated heterocycles. The largest absolute Gasteiger partial charge is 0.380 e. The van der Waals surface area contributed by atoms with Gasteiger partial charge in [-0.15, -0.1) is 0 Å². The second kappa shape index (κ2) is 3.11. The van der Waals surface area contributed by atoms with Crippen molar-refractivity contribution < 1.29 is 4.74 Å². The van der Waals surface area contributed by atoms with Crippen LogP contribution in [0, 0.1) is 0 Å². The Balaban J connectivity index is 2.24. The summed E-state index contributed by atoms with van der Waals surface area (Å²) in [5, 5.41) is 0. The van der Waals surface area contributed by atoms with Gasteiger partial charge in [0.1, 0.15) is 0 Å². The van der Waals surface area contributed by atoms with Crippen LogP contribution < -0.4 is 4.72 Å².